The number of piperazine rings is 1. The van der Waals surface area contributed by atoms with Crippen molar-refractivity contribution in [2.24, 2.45) is 7.05 Å². The molecule has 2 aliphatic heterocycles. The number of carbonyl (C=O) groups is 3. The number of nitrogens with one attached hydrogen (secondary N) is 1. The van der Waals surface area contributed by atoms with Crippen LogP contribution in [0.5, 0.6) is 11.6 Å². The molecule has 2 N–H and O–H groups in total. The van der Waals surface area contributed by atoms with Gasteiger partial charge in [-0.2, -0.15) is 10.1 Å². The number of benzene rings is 1. The van der Waals surface area contributed by atoms with Crippen LogP contribution in [-0.2, 0) is 36.1 Å². The summed E-state index contributed by atoms with van der Waals surface area (Å²) in [5.74, 6) is 0.954. The molecule has 0 unspecified atom stereocenters. The molecule has 3 amide bonds. The lowest BCUT2D eigenvalue weighted by molar-refractivity contribution is -0.0113. The van der Waals surface area contributed by atoms with Gasteiger partial charge in [0.15, 0.2) is 0 Å². The van der Waals surface area contributed by atoms with Crippen molar-refractivity contribution in [3.8, 4) is 11.6 Å². The second-order valence-electron chi connectivity index (χ2n) is 13.2. The molecule has 4 heterocycles. The Kier molecular flexibility index (Phi) is 11.3. The Hall–Kier alpha value is -5.05. The van der Waals surface area contributed by atoms with Crippen LogP contribution in [0.25, 0.3) is 0 Å². The lowest BCUT2D eigenvalue weighted by atomic mass is 9.91. The van der Waals surface area contributed by atoms with Crippen LogP contribution in [0.15, 0.2) is 42.6 Å². The minimum atomic E-state index is -1.12. The van der Waals surface area contributed by atoms with Gasteiger partial charge in [-0.25, -0.2) is 9.59 Å². The van der Waals surface area contributed by atoms with E-state index in [-0.39, 0.29) is 37.2 Å². The first-order valence-electron chi connectivity index (χ1n) is 16.8. The highest BCUT2D eigenvalue weighted by Gasteiger charge is 2.37. The average Bonchev–Trinajstić information content (AvgIpc) is 3.52. The lowest BCUT2D eigenvalue weighted by Crippen LogP contribution is -2.54. The number of aliphatic hydroxyl groups is 1. The first kappa shape index (κ1) is 36.2. The Balaban J connectivity index is 1.27. The third kappa shape index (κ3) is 8.75. The normalized spacial score (nSPS) is 16.7. The fourth-order valence-electron chi connectivity index (χ4n) is 5.94. The number of amides is 3. The van der Waals surface area contributed by atoms with Crippen LogP contribution in [0.1, 0.15) is 54.9 Å². The number of pyridine rings is 1. The quantitative estimate of drug-likeness (QED) is 0.321. The SMILES string of the molecule is CCOc1nc(N2CCN(C(=O)OC)CC2)ccc1C(=O)NC[C@@H](O)[C@@H]1Cc2ccc(OCc3ccnn3C)cc2CN1C(=O)OC(C)(C)C. The van der Waals surface area contributed by atoms with Crippen molar-refractivity contribution in [1.82, 2.24) is 29.9 Å². The Bertz CT molecular complexity index is 1660. The summed E-state index contributed by atoms with van der Waals surface area (Å²) in [6.45, 7) is 9.90. The van der Waals surface area contributed by atoms with Crippen LogP contribution >= 0.6 is 0 Å². The topological polar surface area (TPSA) is 161 Å². The third-order valence-corrected chi connectivity index (χ3v) is 8.61. The molecule has 15 heteroatoms. The van der Waals surface area contributed by atoms with Crippen LogP contribution in [0.3, 0.4) is 0 Å². The van der Waals surface area contributed by atoms with Crippen molar-refractivity contribution in [2.75, 3.05) is 51.3 Å². The highest BCUT2D eigenvalue weighted by molar-refractivity contribution is 5.96. The predicted molar refractivity (Wildman–Crippen MR) is 183 cm³/mol. The zero-order chi connectivity index (χ0) is 36.0. The summed E-state index contributed by atoms with van der Waals surface area (Å²) in [4.78, 5) is 48.5. The molecule has 2 aromatic heterocycles. The molecule has 0 aliphatic carbocycles. The van der Waals surface area contributed by atoms with E-state index in [4.69, 9.17) is 18.9 Å². The van der Waals surface area contributed by atoms with Gasteiger partial charge in [-0.1, -0.05) is 6.07 Å². The summed E-state index contributed by atoms with van der Waals surface area (Å²) in [5, 5.41) is 18.4. The average molecular weight is 694 g/mol. The highest BCUT2D eigenvalue weighted by Crippen LogP contribution is 2.30. The molecule has 1 fully saturated rings. The molecular weight excluding hydrogens is 646 g/mol. The standard InChI is InChI=1S/C35H47N7O8/c1-7-48-32-27(10-11-30(38-32)40-14-16-41(17-15-40)33(45)47-6)31(44)36-20-29(43)28-19-23-8-9-26(49-22-25-12-13-37-39(25)5)18-24(23)21-42(28)34(46)50-35(2,3)4/h8-13,18,28-29,43H,7,14-17,19-22H2,1-6H3,(H,36,44)/t28-,29+/m0/s1. The summed E-state index contributed by atoms with van der Waals surface area (Å²) in [6, 6.07) is 10.3. The first-order chi connectivity index (χ1) is 23.9. The number of ether oxygens (including phenoxy) is 4. The van der Waals surface area contributed by atoms with Gasteiger partial charge in [0.1, 0.15) is 29.3 Å². The molecule has 0 bridgehead atoms. The van der Waals surface area contributed by atoms with Gasteiger partial charge in [0.25, 0.3) is 5.91 Å². The number of nitrogens with zero attached hydrogens (tertiary/aromatic N) is 6. The van der Waals surface area contributed by atoms with E-state index < -0.39 is 29.7 Å². The molecule has 0 spiro atoms. The smallest absolute Gasteiger partial charge is 0.410 e. The van der Waals surface area contributed by atoms with Crippen LogP contribution in [-0.4, -0.2) is 112 Å². The second kappa shape index (κ2) is 15.7. The molecule has 2 atom stereocenters. The Morgan fingerprint density at radius 3 is 2.44 bits per heavy atom. The van der Waals surface area contributed by atoms with Crippen molar-refractivity contribution in [3.05, 3.63) is 65.0 Å². The van der Waals surface area contributed by atoms with Gasteiger partial charge >= 0.3 is 12.2 Å². The molecule has 15 nitrogen and oxygen atoms in total. The lowest BCUT2D eigenvalue weighted by Gasteiger charge is -2.40. The molecule has 5 rings (SSSR count). The Morgan fingerprint density at radius 2 is 1.78 bits per heavy atom. The monoisotopic (exact) mass is 693 g/mol. The maximum atomic E-state index is 13.5. The summed E-state index contributed by atoms with van der Waals surface area (Å²) in [7, 11) is 3.21. The van der Waals surface area contributed by atoms with Crippen LogP contribution in [0.4, 0.5) is 15.4 Å². The highest BCUT2D eigenvalue weighted by atomic mass is 16.6. The first-order valence-corrected chi connectivity index (χ1v) is 16.8. The van der Waals surface area contributed by atoms with Gasteiger partial charge in [0.2, 0.25) is 5.88 Å². The van der Waals surface area contributed by atoms with E-state index in [1.54, 1.807) is 55.6 Å². The van der Waals surface area contributed by atoms with Gasteiger partial charge in [0.05, 0.1) is 31.6 Å². The number of carbonyl (C=O) groups excluding carboxylic acids is 3. The predicted octanol–water partition coefficient (Wildman–Crippen LogP) is 3.13. The molecule has 2 aliphatic rings. The van der Waals surface area contributed by atoms with Gasteiger partial charge in [0, 0.05) is 52.5 Å². The van der Waals surface area contributed by atoms with Gasteiger partial charge in [-0.05, 0) is 75.6 Å². The minimum Gasteiger partial charge on any atom is -0.487 e. The van der Waals surface area contributed by atoms with E-state index in [1.165, 1.54) is 12.0 Å². The van der Waals surface area contributed by atoms with E-state index in [1.807, 2.05) is 36.2 Å². The summed E-state index contributed by atoms with van der Waals surface area (Å²) >= 11 is 0. The van der Waals surface area contributed by atoms with E-state index in [0.717, 1.165) is 16.8 Å². The number of rotatable bonds is 10. The van der Waals surface area contributed by atoms with Gasteiger partial charge in [-0.15, -0.1) is 0 Å². The van der Waals surface area contributed by atoms with Crippen LogP contribution in [0, 0.1) is 0 Å². The van der Waals surface area contributed by atoms with E-state index in [9.17, 15) is 19.5 Å². The zero-order valence-corrected chi connectivity index (χ0v) is 29.5. The fourth-order valence-corrected chi connectivity index (χ4v) is 5.94. The molecule has 50 heavy (non-hydrogen) atoms. The maximum absolute atomic E-state index is 13.5. The molecular formula is C35H47N7O8. The molecule has 1 aromatic carbocycles. The van der Waals surface area contributed by atoms with Crippen molar-refractivity contribution >= 4 is 23.9 Å². The number of hydrogen-bond donors (Lipinski definition) is 2. The fraction of sp³-hybridized carbons (Fsp3) is 0.514. The third-order valence-electron chi connectivity index (χ3n) is 8.61. The molecule has 1 saturated heterocycles. The van der Waals surface area contributed by atoms with Crippen molar-refractivity contribution in [2.45, 2.75) is 65.0 Å². The number of aliphatic hydroxyl groups excluding tert-OH is 1. The van der Waals surface area contributed by atoms with Crippen LogP contribution in [0.2, 0.25) is 0 Å². The maximum Gasteiger partial charge on any atom is 0.410 e. The summed E-state index contributed by atoms with van der Waals surface area (Å²) < 4.78 is 24.1. The number of aryl methyl sites for hydroxylation is 1. The number of fused-ring (bicyclic) bond motifs is 1. The van der Waals surface area contributed by atoms with Gasteiger partial charge < -0.3 is 39.2 Å². The molecule has 0 radical (unpaired) electrons. The summed E-state index contributed by atoms with van der Waals surface area (Å²) in [6.07, 6.45) is 0.00380. The second-order valence-corrected chi connectivity index (χ2v) is 13.2. The summed E-state index contributed by atoms with van der Waals surface area (Å²) in [5.41, 5.74) is 2.22. The zero-order valence-electron chi connectivity index (χ0n) is 29.5. The van der Waals surface area contributed by atoms with Crippen LogP contribution < -0.4 is 19.7 Å². The van der Waals surface area contributed by atoms with Gasteiger partial charge in [-0.3, -0.25) is 14.4 Å². The largest absolute Gasteiger partial charge is 0.487 e. The van der Waals surface area contributed by atoms with E-state index in [2.05, 4.69) is 15.4 Å². The van der Waals surface area contributed by atoms with Crippen molar-refractivity contribution in [3.63, 3.8) is 0 Å². The van der Waals surface area contributed by atoms with E-state index in [0.29, 0.717) is 50.8 Å². The Morgan fingerprint density at radius 1 is 1.02 bits per heavy atom. The minimum absolute atomic E-state index is 0.132. The number of methoxy groups -OCH3 is 1. The molecule has 3 aromatic rings. The van der Waals surface area contributed by atoms with E-state index >= 15 is 0 Å². The molecule has 0 saturated carbocycles. The molecule has 270 valence electrons. The number of hydrogen-bond acceptors (Lipinski definition) is 11. The van der Waals surface area contributed by atoms with Crippen molar-refractivity contribution < 1.29 is 38.4 Å². The van der Waals surface area contributed by atoms with Crippen molar-refractivity contribution in [1.29, 1.82) is 0 Å². The number of aromatic nitrogens is 3. The Labute approximate surface area is 292 Å². The number of anilines is 1.